The summed E-state index contributed by atoms with van der Waals surface area (Å²) < 4.78 is 7.56. The number of hydrogen-bond acceptors (Lipinski definition) is 3. The summed E-state index contributed by atoms with van der Waals surface area (Å²) in [7, 11) is 1.63. The molecule has 0 radical (unpaired) electrons. The van der Waals surface area contributed by atoms with Crippen molar-refractivity contribution in [2.75, 3.05) is 12.8 Å². The van der Waals surface area contributed by atoms with E-state index < -0.39 is 0 Å². The van der Waals surface area contributed by atoms with E-state index in [9.17, 15) is 0 Å². The lowest BCUT2D eigenvalue weighted by Gasteiger charge is -2.11. The van der Waals surface area contributed by atoms with Crippen molar-refractivity contribution in [2.24, 2.45) is 0 Å². The Morgan fingerprint density at radius 2 is 2.05 bits per heavy atom. The molecule has 0 fully saturated rings. The van der Waals surface area contributed by atoms with Crippen molar-refractivity contribution in [3.63, 3.8) is 0 Å². The van der Waals surface area contributed by atoms with Gasteiger partial charge in [-0.05, 0) is 37.3 Å². The van der Waals surface area contributed by atoms with Crippen molar-refractivity contribution >= 4 is 28.3 Å². The summed E-state index contributed by atoms with van der Waals surface area (Å²) in [5, 5.41) is 0.702. The number of nitrogen functional groups attached to an aromatic ring is 1. The van der Waals surface area contributed by atoms with Crippen molar-refractivity contribution in [3.8, 4) is 17.1 Å². The first kappa shape index (κ1) is 13.8. The van der Waals surface area contributed by atoms with Gasteiger partial charge in [0.05, 0.1) is 23.7 Å². The zero-order valence-corrected chi connectivity index (χ0v) is 12.7. The van der Waals surface area contributed by atoms with Gasteiger partial charge in [0.25, 0.3) is 0 Å². The molecule has 2 N–H and O–H groups in total. The molecule has 0 aliphatic carbocycles. The van der Waals surface area contributed by atoms with Crippen molar-refractivity contribution in [1.82, 2.24) is 9.55 Å². The molecule has 1 aromatic heterocycles. The average molecular weight is 302 g/mol. The zero-order chi connectivity index (χ0) is 15.0. The molecule has 108 valence electrons. The second-order valence-corrected chi connectivity index (χ2v) is 5.21. The Hall–Kier alpha value is -2.20. The van der Waals surface area contributed by atoms with Crippen LogP contribution in [0.2, 0.25) is 5.02 Å². The number of fused-ring (bicyclic) bond motifs is 1. The molecular formula is C16H16ClN3O. The number of ether oxygens (including phenoxy) is 1. The van der Waals surface area contributed by atoms with E-state index in [0.29, 0.717) is 16.5 Å². The Balaban J connectivity index is 2.30. The number of halogens is 1. The molecule has 0 saturated carbocycles. The van der Waals surface area contributed by atoms with Crippen LogP contribution in [0.15, 0.2) is 36.4 Å². The van der Waals surface area contributed by atoms with E-state index in [1.54, 1.807) is 7.11 Å². The number of benzene rings is 2. The normalized spacial score (nSPS) is 11.0. The van der Waals surface area contributed by atoms with Gasteiger partial charge in [0, 0.05) is 23.3 Å². The van der Waals surface area contributed by atoms with E-state index in [0.717, 1.165) is 29.0 Å². The van der Waals surface area contributed by atoms with Crippen molar-refractivity contribution < 1.29 is 4.74 Å². The number of imidazole rings is 1. The van der Waals surface area contributed by atoms with Gasteiger partial charge in [-0.2, -0.15) is 0 Å². The first-order valence-electron chi connectivity index (χ1n) is 6.73. The SMILES string of the molecule is CCn1c(-c2ccc(N)cc2OC)nc2ccc(Cl)cc21. The number of nitrogens with zero attached hydrogens (tertiary/aromatic N) is 2. The van der Waals surface area contributed by atoms with Crippen molar-refractivity contribution in [3.05, 3.63) is 41.4 Å². The van der Waals surface area contributed by atoms with Gasteiger partial charge in [-0.25, -0.2) is 4.98 Å². The lowest BCUT2D eigenvalue weighted by Crippen LogP contribution is -1.99. The fraction of sp³-hybridized carbons (Fsp3) is 0.188. The molecule has 21 heavy (non-hydrogen) atoms. The minimum atomic E-state index is 0.665. The summed E-state index contributed by atoms with van der Waals surface area (Å²) in [6.07, 6.45) is 0. The second-order valence-electron chi connectivity index (χ2n) is 4.77. The van der Waals surface area contributed by atoms with Crippen LogP contribution in [0.4, 0.5) is 5.69 Å². The number of aromatic nitrogens is 2. The third-order valence-electron chi connectivity index (χ3n) is 3.49. The van der Waals surface area contributed by atoms with Crippen LogP contribution in [0.1, 0.15) is 6.92 Å². The largest absolute Gasteiger partial charge is 0.496 e. The number of aryl methyl sites for hydroxylation is 1. The Labute approximate surface area is 128 Å². The highest BCUT2D eigenvalue weighted by molar-refractivity contribution is 6.31. The molecule has 0 saturated heterocycles. The molecule has 0 amide bonds. The minimum Gasteiger partial charge on any atom is -0.496 e. The number of anilines is 1. The van der Waals surface area contributed by atoms with Gasteiger partial charge >= 0.3 is 0 Å². The van der Waals surface area contributed by atoms with Gasteiger partial charge in [0.1, 0.15) is 11.6 Å². The molecule has 5 heteroatoms. The van der Waals surface area contributed by atoms with Crippen LogP contribution in [-0.2, 0) is 6.54 Å². The molecule has 0 atom stereocenters. The van der Waals surface area contributed by atoms with Crippen LogP contribution in [0.3, 0.4) is 0 Å². The highest BCUT2D eigenvalue weighted by Crippen LogP contribution is 2.33. The van der Waals surface area contributed by atoms with E-state index in [1.165, 1.54) is 0 Å². The van der Waals surface area contributed by atoms with E-state index in [1.807, 2.05) is 36.4 Å². The molecule has 2 aromatic carbocycles. The fourth-order valence-corrected chi connectivity index (χ4v) is 2.68. The Morgan fingerprint density at radius 3 is 2.76 bits per heavy atom. The van der Waals surface area contributed by atoms with Gasteiger partial charge in [0.2, 0.25) is 0 Å². The highest BCUT2D eigenvalue weighted by Gasteiger charge is 2.15. The van der Waals surface area contributed by atoms with Crippen molar-refractivity contribution in [1.29, 1.82) is 0 Å². The molecule has 1 heterocycles. The van der Waals surface area contributed by atoms with E-state index in [-0.39, 0.29) is 0 Å². The third kappa shape index (κ3) is 2.32. The molecular weight excluding hydrogens is 286 g/mol. The van der Waals surface area contributed by atoms with Gasteiger partial charge < -0.3 is 15.0 Å². The lowest BCUT2D eigenvalue weighted by atomic mass is 10.1. The smallest absolute Gasteiger partial charge is 0.144 e. The molecule has 0 aliphatic heterocycles. The second kappa shape index (κ2) is 5.30. The molecule has 0 bridgehead atoms. The number of hydrogen-bond donors (Lipinski definition) is 1. The maximum atomic E-state index is 6.10. The predicted molar refractivity (Wildman–Crippen MR) is 86.8 cm³/mol. The molecule has 4 nitrogen and oxygen atoms in total. The van der Waals surface area contributed by atoms with E-state index >= 15 is 0 Å². The topological polar surface area (TPSA) is 53.1 Å². The Bertz CT molecular complexity index is 811. The molecule has 3 rings (SSSR count). The number of methoxy groups -OCH3 is 1. The van der Waals surface area contributed by atoms with Crippen LogP contribution in [-0.4, -0.2) is 16.7 Å². The van der Waals surface area contributed by atoms with Crippen LogP contribution < -0.4 is 10.5 Å². The summed E-state index contributed by atoms with van der Waals surface area (Å²) in [6, 6.07) is 11.3. The molecule has 0 spiro atoms. The van der Waals surface area contributed by atoms with Gasteiger partial charge in [0.15, 0.2) is 0 Å². The Kier molecular flexibility index (Phi) is 3.47. The summed E-state index contributed by atoms with van der Waals surface area (Å²) >= 11 is 6.10. The minimum absolute atomic E-state index is 0.665. The van der Waals surface area contributed by atoms with Crippen LogP contribution >= 0.6 is 11.6 Å². The molecule has 0 aliphatic rings. The average Bonchev–Trinajstić information content (AvgIpc) is 2.84. The van der Waals surface area contributed by atoms with Gasteiger partial charge in [-0.15, -0.1) is 0 Å². The summed E-state index contributed by atoms with van der Waals surface area (Å²) in [6.45, 7) is 2.87. The summed E-state index contributed by atoms with van der Waals surface area (Å²) in [4.78, 5) is 4.72. The van der Waals surface area contributed by atoms with Gasteiger partial charge in [-0.3, -0.25) is 0 Å². The predicted octanol–water partition coefficient (Wildman–Crippen LogP) is 3.97. The Morgan fingerprint density at radius 1 is 1.24 bits per heavy atom. The first-order chi connectivity index (χ1) is 10.1. The van der Waals surface area contributed by atoms with Crippen LogP contribution in [0.5, 0.6) is 5.75 Å². The van der Waals surface area contributed by atoms with Crippen LogP contribution in [0, 0.1) is 0 Å². The van der Waals surface area contributed by atoms with Crippen molar-refractivity contribution in [2.45, 2.75) is 13.5 Å². The maximum Gasteiger partial charge on any atom is 0.144 e. The quantitative estimate of drug-likeness (QED) is 0.745. The fourth-order valence-electron chi connectivity index (χ4n) is 2.51. The molecule has 3 aromatic rings. The van der Waals surface area contributed by atoms with Crippen LogP contribution in [0.25, 0.3) is 22.4 Å². The first-order valence-corrected chi connectivity index (χ1v) is 7.11. The number of rotatable bonds is 3. The van der Waals surface area contributed by atoms with Gasteiger partial charge in [-0.1, -0.05) is 11.6 Å². The number of nitrogens with two attached hydrogens (primary N) is 1. The third-order valence-corrected chi connectivity index (χ3v) is 3.73. The summed E-state index contributed by atoms with van der Waals surface area (Å²) in [5.74, 6) is 1.57. The standard InChI is InChI=1S/C16H16ClN3O/c1-3-20-14-8-10(17)4-7-13(14)19-16(20)12-6-5-11(18)9-15(12)21-2/h4-9H,3,18H2,1-2H3. The molecule has 0 unspecified atom stereocenters. The zero-order valence-electron chi connectivity index (χ0n) is 11.9. The highest BCUT2D eigenvalue weighted by atomic mass is 35.5. The van der Waals surface area contributed by atoms with E-state index in [2.05, 4.69) is 11.5 Å². The maximum absolute atomic E-state index is 6.10. The van der Waals surface area contributed by atoms with E-state index in [4.69, 9.17) is 27.1 Å². The monoisotopic (exact) mass is 301 g/mol. The summed E-state index contributed by atoms with van der Waals surface area (Å²) in [5.41, 5.74) is 9.33. The lowest BCUT2D eigenvalue weighted by molar-refractivity contribution is 0.416.